The molecule has 24 heavy (non-hydrogen) atoms. The van der Waals surface area contributed by atoms with Crippen LogP contribution in [-0.4, -0.2) is 31.1 Å². The monoisotopic (exact) mass is 336 g/mol. The summed E-state index contributed by atoms with van der Waals surface area (Å²) in [6, 6.07) is 13.0. The summed E-state index contributed by atoms with van der Waals surface area (Å²) in [6.45, 7) is 2.03. The second kappa shape index (κ2) is 5.82. The third-order valence-electron chi connectivity index (χ3n) is 3.51. The van der Waals surface area contributed by atoms with Gasteiger partial charge >= 0.3 is 0 Å². The number of thiazole rings is 1. The van der Waals surface area contributed by atoms with Crippen LogP contribution in [0.5, 0.6) is 0 Å². The van der Waals surface area contributed by atoms with Gasteiger partial charge in [0, 0.05) is 5.56 Å². The fourth-order valence-electron chi connectivity index (χ4n) is 2.30. The molecule has 0 unspecified atom stereocenters. The molecular formula is C16H12N6OS. The second-order valence-corrected chi connectivity index (χ2v) is 6.28. The Kier molecular flexibility index (Phi) is 3.51. The van der Waals surface area contributed by atoms with Crippen LogP contribution >= 0.6 is 11.3 Å². The Bertz CT molecular complexity index is 1010. The summed E-state index contributed by atoms with van der Waals surface area (Å²) in [4.78, 5) is 16.8. The standard InChI is InChI=1S/C16H12N6OS/c1-10-2-7-13-14(8-10)24-16(18-13)19-15(23)11-3-5-12(6-4-11)22-9-17-20-21-22/h2-9H,1H3,(H,18,19,23). The van der Waals surface area contributed by atoms with Crippen LogP contribution in [0, 0.1) is 6.92 Å². The van der Waals surface area contributed by atoms with E-state index in [2.05, 4.69) is 31.9 Å². The van der Waals surface area contributed by atoms with Crippen LogP contribution in [0.25, 0.3) is 15.9 Å². The molecule has 2 aromatic heterocycles. The summed E-state index contributed by atoms with van der Waals surface area (Å²) >= 11 is 1.46. The Labute approximate surface area is 141 Å². The van der Waals surface area contributed by atoms with E-state index in [1.807, 2.05) is 19.1 Å². The highest BCUT2D eigenvalue weighted by molar-refractivity contribution is 7.22. The quantitative estimate of drug-likeness (QED) is 0.622. The van der Waals surface area contributed by atoms with E-state index in [-0.39, 0.29) is 5.91 Å². The lowest BCUT2D eigenvalue weighted by atomic mass is 10.2. The van der Waals surface area contributed by atoms with Crippen LogP contribution in [0.2, 0.25) is 0 Å². The maximum Gasteiger partial charge on any atom is 0.257 e. The van der Waals surface area contributed by atoms with Gasteiger partial charge in [0.15, 0.2) is 5.13 Å². The fraction of sp³-hybridized carbons (Fsp3) is 0.0625. The number of aryl methyl sites for hydroxylation is 1. The number of rotatable bonds is 3. The normalized spacial score (nSPS) is 10.9. The number of amides is 1. The molecule has 4 rings (SSSR count). The summed E-state index contributed by atoms with van der Waals surface area (Å²) in [7, 11) is 0. The highest BCUT2D eigenvalue weighted by Gasteiger charge is 2.10. The molecule has 0 saturated carbocycles. The predicted molar refractivity (Wildman–Crippen MR) is 91.5 cm³/mol. The molecule has 0 radical (unpaired) electrons. The number of carbonyl (C=O) groups is 1. The van der Waals surface area contributed by atoms with Crippen LogP contribution in [0.1, 0.15) is 15.9 Å². The van der Waals surface area contributed by atoms with Crippen molar-refractivity contribution in [1.82, 2.24) is 25.2 Å². The van der Waals surface area contributed by atoms with Crippen molar-refractivity contribution in [3.63, 3.8) is 0 Å². The van der Waals surface area contributed by atoms with E-state index in [1.165, 1.54) is 27.9 Å². The molecule has 0 aliphatic carbocycles. The summed E-state index contributed by atoms with van der Waals surface area (Å²) < 4.78 is 2.58. The van der Waals surface area contributed by atoms with Gasteiger partial charge in [-0.05, 0) is 59.3 Å². The number of hydrogen-bond acceptors (Lipinski definition) is 6. The average Bonchev–Trinajstić information content (AvgIpc) is 3.23. The molecule has 1 amide bonds. The molecule has 0 aliphatic heterocycles. The van der Waals surface area contributed by atoms with E-state index in [0.29, 0.717) is 10.7 Å². The minimum atomic E-state index is -0.200. The van der Waals surface area contributed by atoms with Crippen molar-refractivity contribution in [2.24, 2.45) is 0 Å². The maximum absolute atomic E-state index is 12.4. The molecule has 8 heteroatoms. The van der Waals surface area contributed by atoms with Crippen LogP contribution in [0.3, 0.4) is 0 Å². The van der Waals surface area contributed by atoms with E-state index < -0.39 is 0 Å². The lowest BCUT2D eigenvalue weighted by Gasteiger charge is -2.03. The van der Waals surface area contributed by atoms with Crippen molar-refractivity contribution in [2.75, 3.05) is 5.32 Å². The van der Waals surface area contributed by atoms with Crippen molar-refractivity contribution < 1.29 is 4.79 Å². The van der Waals surface area contributed by atoms with Crippen molar-refractivity contribution in [3.8, 4) is 5.69 Å². The molecule has 118 valence electrons. The van der Waals surface area contributed by atoms with Gasteiger partial charge < -0.3 is 0 Å². The Morgan fingerprint density at radius 1 is 1.17 bits per heavy atom. The van der Waals surface area contributed by atoms with Crippen LogP contribution in [0.4, 0.5) is 5.13 Å². The number of benzene rings is 2. The van der Waals surface area contributed by atoms with Gasteiger partial charge in [0.25, 0.3) is 5.91 Å². The van der Waals surface area contributed by atoms with Crippen LogP contribution < -0.4 is 5.32 Å². The summed E-state index contributed by atoms with van der Waals surface area (Å²) in [5, 5.41) is 14.4. The van der Waals surface area contributed by atoms with Gasteiger partial charge in [0.05, 0.1) is 15.9 Å². The van der Waals surface area contributed by atoms with Crippen molar-refractivity contribution in [1.29, 1.82) is 0 Å². The zero-order valence-corrected chi connectivity index (χ0v) is 13.5. The highest BCUT2D eigenvalue weighted by Crippen LogP contribution is 2.27. The van der Waals surface area contributed by atoms with Crippen molar-refractivity contribution in [2.45, 2.75) is 6.92 Å². The fourth-order valence-corrected chi connectivity index (χ4v) is 3.26. The second-order valence-electron chi connectivity index (χ2n) is 5.25. The zero-order valence-electron chi connectivity index (χ0n) is 12.7. The topological polar surface area (TPSA) is 85.6 Å². The number of tetrazole rings is 1. The van der Waals surface area contributed by atoms with E-state index in [4.69, 9.17) is 0 Å². The average molecular weight is 336 g/mol. The van der Waals surface area contributed by atoms with Gasteiger partial charge in [-0.1, -0.05) is 17.4 Å². The number of carbonyl (C=O) groups excluding carboxylic acids is 1. The molecule has 0 bridgehead atoms. The molecular weight excluding hydrogens is 324 g/mol. The molecule has 0 aliphatic rings. The predicted octanol–water partition coefficient (Wildman–Crippen LogP) is 2.83. The minimum Gasteiger partial charge on any atom is -0.298 e. The first kappa shape index (κ1) is 14.5. The Morgan fingerprint density at radius 3 is 2.75 bits per heavy atom. The molecule has 0 spiro atoms. The van der Waals surface area contributed by atoms with E-state index in [1.54, 1.807) is 24.3 Å². The minimum absolute atomic E-state index is 0.200. The van der Waals surface area contributed by atoms with E-state index >= 15 is 0 Å². The summed E-state index contributed by atoms with van der Waals surface area (Å²) in [5.41, 5.74) is 3.38. The Hall–Kier alpha value is -3.13. The number of nitrogens with one attached hydrogen (secondary N) is 1. The lowest BCUT2D eigenvalue weighted by Crippen LogP contribution is -2.11. The Balaban J connectivity index is 1.54. The lowest BCUT2D eigenvalue weighted by molar-refractivity contribution is 0.102. The summed E-state index contributed by atoms with van der Waals surface area (Å²) in [5.74, 6) is -0.200. The molecule has 0 fully saturated rings. The molecule has 7 nitrogen and oxygen atoms in total. The molecule has 2 aromatic carbocycles. The first-order valence-electron chi connectivity index (χ1n) is 7.21. The van der Waals surface area contributed by atoms with Gasteiger partial charge in [0.1, 0.15) is 6.33 Å². The number of aromatic nitrogens is 5. The van der Waals surface area contributed by atoms with E-state index in [0.717, 1.165) is 15.9 Å². The maximum atomic E-state index is 12.4. The number of fused-ring (bicyclic) bond motifs is 1. The first-order valence-corrected chi connectivity index (χ1v) is 8.03. The first-order chi connectivity index (χ1) is 11.7. The number of hydrogen-bond donors (Lipinski definition) is 1. The van der Waals surface area contributed by atoms with Crippen molar-refractivity contribution in [3.05, 3.63) is 59.9 Å². The van der Waals surface area contributed by atoms with Crippen molar-refractivity contribution >= 4 is 32.6 Å². The smallest absolute Gasteiger partial charge is 0.257 e. The third kappa shape index (κ3) is 2.74. The van der Waals surface area contributed by atoms with Crippen LogP contribution in [-0.2, 0) is 0 Å². The van der Waals surface area contributed by atoms with Gasteiger partial charge in [-0.15, -0.1) is 5.10 Å². The molecule has 0 saturated heterocycles. The zero-order chi connectivity index (χ0) is 16.5. The molecule has 0 atom stereocenters. The Morgan fingerprint density at radius 2 is 2.00 bits per heavy atom. The number of nitrogens with zero attached hydrogens (tertiary/aromatic N) is 5. The van der Waals surface area contributed by atoms with Crippen LogP contribution in [0.15, 0.2) is 48.8 Å². The SMILES string of the molecule is Cc1ccc2nc(NC(=O)c3ccc(-n4cnnn4)cc3)sc2c1. The van der Waals surface area contributed by atoms with E-state index in [9.17, 15) is 4.79 Å². The third-order valence-corrected chi connectivity index (χ3v) is 4.44. The number of anilines is 1. The summed E-state index contributed by atoms with van der Waals surface area (Å²) in [6.07, 6.45) is 1.50. The van der Waals surface area contributed by atoms with Gasteiger partial charge in [-0.3, -0.25) is 10.1 Å². The van der Waals surface area contributed by atoms with Gasteiger partial charge in [-0.2, -0.15) is 0 Å². The molecule has 4 aromatic rings. The highest BCUT2D eigenvalue weighted by atomic mass is 32.1. The van der Waals surface area contributed by atoms with Gasteiger partial charge in [-0.25, -0.2) is 9.67 Å². The molecule has 1 N–H and O–H groups in total. The van der Waals surface area contributed by atoms with Gasteiger partial charge in [0.2, 0.25) is 0 Å². The molecule has 2 heterocycles. The largest absolute Gasteiger partial charge is 0.298 e.